The van der Waals surface area contributed by atoms with Gasteiger partial charge in [0.1, 0.15) is 18.7 Å². The number of nitrogens with one attached hydrogen (secondary N) is 3. The molecule has 0 saturated carbocycles. The van der Waals surface area contributed by atoms with E-state index in [1.165, 1.54) is 17.3 Å². The minimum absolute atomic E-state index is 0.0776. The zero-order chi connectivity index (χ0) is 14.7. The topological polar surface area (TPSA) is 149 Å². The minimum Gasteiger partial charge on any atom is -0.354 e. The molecule has 11 nitrogen and oxygen atoms in total. The normalized spacial score (nSPS) is 18.1. The van der Waals surface area contributed by atoms with Crippen molar-refractivity contribution in [2.24, 2.45) is 5.84 Å². The van der Waals surface area contributed by atoms with Crippen LogP contribution in [0.4, 0.5) is 11.9 Å². The van der Waals surface area contributed by atoms with Crippen LogP contribution in [0, 0.1) is 0 Å². The Morgan fingerprint density at radius 1 is 1.33 bits per heavy atom. The number of aromatic nitrogens is 6. The number of nitrogens with two attached hydrogens (primary N) is 1. The Bertz CT molecular complexity index is 627. The molecule has 11 heteroatoms. The summed E-state index contributed by atoms with van der Waals surface area (Å²) >= 11 is 0. The van der Waals surface area contributed by atoms with Crippen LogP contribution < -0.4 is 21.9 Å². The molecule has 1 saturated heterocycles. The lowest BCUT2D eigenvalue weighted by molar-refractivity contribution is -0.123. The number of rotatable bonds is 4. The first-order valence-electron chi connectivity index (χ1n) is 6.38. The van der Waals surface area contributed by atoms with Gasteiger partial charge in [-0.05, 0) is 12.8 Å². The Labute approximate surface area is 119 Å². The SMILES string of the molecule is NNc1nc(NC2CCCNC2=O)nc(-n2cncn2)n1. The van der Waals surface area contributed by atoms with Crippen LogP contribution in [-0.4, -0.2) is 48.2 Å². The van der Waals surface area contributed by atoms with Crippen LogP contribution in [0.3, 0.4) is 0 Å². The van der Waals surface area contributed by atoms with Gasteiger partial charge in [-0.1, -0.05) is 0 Å². The number of hydrazine groups is 1. The van der Waals surface area contributed by atoms with E-state index in [2.05, 4.69) is 41.1 Å². The van der Waals surface area contributed by atoms with Gasteiger partial charge < -0.3 is 10.6 Å². The van der Waals surface area contributed by atoms with E-state index in [0.29, 0.717) is 13.0 Å². The number of hydrogen-bond acceptors (Lipinski definition) is 9. The Morgan fingerprint density at radius 3 is 2.90 bits per heavy atom. The van der Waals surface area contributed by atoms with Gasteiger partial charge in [0, 0.05) is 6.54 Å². The number of nitrogens with zero attached hydrogens (tertiary/aromatic N) is 6. The van der Waals surface area contributed by atoms with Gasteiger partial charge in [0.25, 0.3) is 5.95 Å². The molecule has 1 aliphatic heterocycles. The summed E-state index contributed by atoms with van der Waals surface area (Å²) in [4.78, 5) is 27.9. The van der Waals surface area contributed by atoms with Gasteiger partial charge in [-0.25, -0.2) is 10.8 Å². The standard InChI is InChI=1S/C10H14N10O/c11-19-9-16-8(15-6-2-1-3-13-7(6)21)17-10(18-9)20-5-12-4-14-20/h4-6H,1-3,11H2,(H,13,21)(H2,15,16,17,18,19). The van der Waals surface area contributed by atoms with Crippen LogP contribution in [0.5, 0.6) is 0 Å². The molecule has 3 rings (SSSR count). The second-order valence-corrected chi connectivity index (χ2v) is 4.40. The Kier molecular flexibility index (Phi) is 3.55. The molecule has 5 N–H and O–H groups in total. The maximum Gasteiger partial charge on any atom is 0.258 e. The third-order valence-electron chi connectivity index (χ3n) is 2.96. The van der Waals surface area contributed by atoms with Crippen LogP contribution in [0.2, 0.25) is 0 Å². The molecular weight excluding hydrogens is 276 g/mol. The summed E-state index contributed by atoms with van der Waals surface area (Å²) in [5.74, 6) is 5.92. The van der Waals surface area contributed by atoms with Gasteiger partial charge >= 0.3 is 0 Å². The van der Waals surface area contributed by atoms with E-state index < -0.39 is 0 Å². The highest BCUT2D eigenvalue weighted by Gasteiger charge is 2.23. The largest absolute Gasteiger partial charge is 0.354 e. The molecule has 1 atom stereocenters. The minimum atomic E-state index is -0.379. The van der Waals surface area contributed by atoms with Gasteiger partial charge in [0.2, 0.25) is 17.8 Å². The smallest absolute Gasteiger partial charge is 0.258 e. The molecule has 110 valence electrons. The van der Waals surface area contributed by atoms with E-state index in [0.717, 1.165) is 6.42 Å². The number of anilines is 2. The van der Waals surface area contributed by atoms with Gasteiger partial charge in [-0.3, -0.25) is 10.2 Å². The second kappa shape index (κ2) is 5.66. The number of nitrogen functional groups attached to an aromatic ring is 1. The summed E-state index contributed by atoms with van der Waals surface area (Å²) < 4.78 is 1.37. The van der Waals surface area contributed by atoms with E-state index in [1.807, 2.05) is 0 Å². The monoisotopic (exact) mass is 290 g/mol. The maximum atomic E-state index is 11.8. The molecule has 0 aliphatic carbocycles. The van der Waals surface area contributed by atoms with Crippen LogP contribution in [0.25, 0.3) is 5.95 Å². The van der Waals surface area contributed by atoms with Crippen LogP contribution in [-0.2, 0) is 4.79 Å². The molecule has 0 spiro atoms. The molecule has 21 heavy (non-hydrogen) atoms. The fraction of sp³-hybridized carbons (Fsp3) is 0.400. The van der Waals surface area contributed by atoms with Crippen LogP contribution >= 0.6 is 0 Å². The molecule has 2 aromatic rings. The molecule has 0 bridgehead atoms. The molecule has 0 aromatic carbocycles. The first kappa shape index (κ1) is 13.2. The fourth-order valence-corrected chi connectivity index (χ4v) is 1.97. The van der Waals surface area contributed by atoms with Gasteiger partial charge in [0.05, 0.1) is 0 Å². The summed E-state index contributed by atoms with van der Waals surface area (Å²) in [7, 11) is 0. The number of piperidine rings is 1. The van der Waals surface area contributed by atoms with Crippen molar-refractivity contribution in [2.75, 3.05) is 17.3 Å². The molecule has 3 heterocycles. The third-order valence-corrected chi connectivity index (χ3v) is 2.96. The molecule has 1 unspecified atom stereocenters. The lowest BCUT2D eigenvalue weighted by atomic mass is 10.1. The Balaban J connectivity index is 1.87. The highest BCUT2D eigenvalue weighted by Crippen LogP contribution is 2.12. The molecule has 1 fully saturated rings. The highest BCUT2D eigenvalue weighted by atomic mass is 16.2. The predicted molar refractivity (Wildman–Crippen MR) is 72.2 cm³/mol. The van der Waals surface area contributed by atoms with Crippen molar-refractivity contribution in [3.63, 3.8) is 0 Å². The predicted octanol–water partition coefficient (Wildman–Crippen LogP) is -1.57. The van der Waals surface area contributed by atoms with Crippen molar-refractivity contribution >= 4 is 17.8 Å². The van der Waals surface area contributed by atoms with Crippen LogP contribution in [0.1, 0.15) is 12.8 Å². The van der Waals surface area contributed by atoms with Crippen molar-refractivity contribution in [1.82, 2.24) is 35.0 Å². The van der Waals surface area contributed by atoms with Gasteiger partial charge in [-0.15, -0.1) is 0 Å². The highest BCUT2D eigenvalue weighted by molar-refractivity contribution is 5.84. The quantitative estimate of drug-likeness (QED) is 0.387. The first-order valence-corrected chi connectivity index (χ1v) is 6.38. The summed E-state index contributed by atoms with van der Waals surface area (Å²) in [6.07, 6.45) is 4.42. The Hall–Kier alpha value is -2.82. The molecule has 0 radical (unpaired) electrons. The Morgan fingerprint density at radius 2 is 2.19 bits per heavy atom. The lowest BCUT2D eigenvalue weighted by Crippen LogP contribution is -2.44. The molecular formula is C10H14N10O. The summed E-state index contributed by atoms with van der Waals surface area (Å²) in [6.45, 7) is 0.689. The van der Waals surface area contributed by atoms with Crippen molar-refractivity contribution in [2.45, 2.75) is 18.9 Å². The zero-order valence-electron chi connectivity index (χ0n) is 11.0. The average Bonchev–Trinajstić information content (AvgIpc) is 3.04. The van der Waals surface area contributed by atoms with Crippen LogP contribution in [0.15, 0.2) is 12.7 Å². The molecule has 1 aliphatic rings. The van der Waals surface area contributed by atoms with Gasteiger partial charge in [0.15, 0.2) is 0 Å². The van der Waals surface area contributed by atoms with E-state index in [9.17, 15) is 4.79 Å². The number of carbonyl (C=O) groups is 1. The van der Waals surface area contributed by atoms with Crippen molar-refractivity contribution < 1.29 is 4.79 Å². The van der Waals surface area contributed by atoms with Crippen molar-refractivity contribution in [3.05, 3.63) is 12.7 Å². The first-order chi connectivity index (χ1) is 10.3. The average molecular weight is 290 g/mol. The van der Waals surface area contributed by atoms with E-state index in [-0.39, 0.29) is 29.8 Å². The summed E-state index contributed by atoms with van der Waals surface area (Å²) in [6, 6.07) is -0.379. The summed E-state index contributed by atoms with van der Waals surface area (Å²) in [5.41, 5.74) is 2.35. The van der Waals surface area contributed by atoms with E-state index in [1.54, 1.807) is 0 Å². The maximum absolute atomic E-state index is 11.8. The third kappa shape index (κ3) is 2.86. The van der Waals surface area contributed by atoms with Crippen molar-refractivity contribution in [3.8, 4) is 5.95 Å². The van der Waals surface area contributed by atoms with E-state index in [4.69, 9.17) is 5.84 Å². The number of hydrogen-bond donors (Lipinski definition) is 4. The lowest BCUT2D eigenvalue weighted by Gasteiger charge is -2.22. The zero-order valence-corrected chi connectivity index (χ0v) is 11.0. The number of carbonyl (C=O) groups excluding carboxylic acids is 1. The van der Waals surface area contributed by atoms with Gasteiger partial charge in [-0.2, -0.15) is 24.7 Å². The second-order valence-electron chi connectivity index (χ2n) is 4.40. The number of amides is 1. The van der Waals surface area contributed by atoms with E-state index >= 15 is 0 Å². The fourth-order valence-electron chi connectivity index (χ4n) is 1.97. The molecule has 2 aromatic heterocycles. The summed E-state index contributed by atoms with van der Waals surface area (Å²) in [5, 5.41) is 9.70. The molecule has 1 amide bonds. The van der Waals surface area contributed by atoms with Crippen molar-refractivity contribution in [1.29, 1.82) is 0 Å².